The Hall–Kier alpha value is -7.41. The van der Waals surface area contributed by atoms with Crippen molar-refractivity contribution in [3.8, 4) is 34.6 Å². The molecule has 2 aromatic heterocycles. The van der Waals surface area contributed by atoms with Gasteiger partial charge in [0.2, 0.25) is 11.8 Å². The quantitative estimate of drug-likeness (QED) is 0.0397. The number of benzene rings is 3. The highest BCUT2D eigenvalue weighted by molar-refractivity contribution is 6.24. The number of hydrogen-bond donors (Lipinski definition) is 2. The number of nitriles is 1. The van der Waals surface area contributed by atoms with Crippen molar-refractivity contribution in [3.63, 3.8) is 0 Å². The Morgan fingerprint density at radius 3 is 2.41 bits per heavy atom. The zero-order valence-electron chi connectivity index (χ0n) is 37.2. The van der Waals surface area contributed by atoms with Crippen LogP contribution in [0.25, 0.3) is 22.3 Å². The predicted molar refractivity (Wildman–Crippen MR) is 245 cm³/mol. The van der Waals surface area contributed by atoms with E-state index in [0.29, 0.717) is 53.7 Å². The zero-order chi connectivity index (χ0) is 46.4. The van der Waals surface area contributed by atoms with Crippen molar-refractivity contribution in [3.05, 3.63) is 102 Å². The van der Waals surface area contributed by atoms with Gasteiger partial charge in [0.15, 0.2) is 5.65 Å². The average molecular weight is 892 g/mol. The summed E-state index contributed by atoms with van der Waals surface area (Å²) in [4.78, 5) is 76.0. The van der Waals surface area contributed by atoms with Crippen LogP contribution in [0.1, 0.15) is 111 Å². The molecule has 16 heteroatoms. The molecule has 2 saturated heterocycles. The summed E-state index contributed by atoms with van der Waals surface area (Å²) in [5.74, 6) is -0.487. The Bertz CT molecular complexity index is 2720. The van der Waals surface area contributed by atoms with Gasteiger partial charge < -0.3 is 20.1 Å². The molecule has 3 aliphatic rings. The first-order valence-electron chi connectivity index (χ1n) is 22.6. The van der Waals surface area contributed by atoms with Crippen molar-refractivity contribution in [1.82, 2.24) is 34.9 Å². The number of carbonyl (C=O) groups is 5. The number of rotatable bonds is 17. The second-order valence-electron chi connectivity index (χ2n) is 17.7. The predicted octanol–water partition coefficient (Wildman–Crippen LogP) is 7.72. The van der Waals surface area contributed by atoms with Gasteiger partial charge in [0.05, 0.1) is 29.2 Å². The van der Waals surface area contributed by atoms with E-state index < -0.39 is 29.7 Å². The number of nitrogen functional groups attached to an aromatic ring is 1. The number of piperidine rings is 2. The van der Waals surface area contributed by atoms with Crippen molar-refractivity contribution in [2.45, 2.75) is 96.6 Å². The molecule has 1 unspecified atom stereocenters. The molecule has 3 aliphatic heterocycles. The molecule has 0 aliphatic carbocycles. The van der Waals surface area contributed by atoms with Crippen LogP contribution in [0, 0.1) is 16.7 Å². The number of imide groups is 2. The van der Waals surface area contributed by atoms with Gasteiger partial charge in [-0.25, -0.2) is 14.6 Å². The molecule has 0 bridgehead atoms. The van der Waals surface area contributed by atoms with E-state index in [1.165, 1.54) is 6.33 Å². The van der Waals surface area contributed by atoms with E-state index in [4.69, 9.17) is 20.3 Å². The minimum atomic E-state index is -1.03. The maximum Gasteiger partial charge on any atom is 0.266 e. The molecule has 66 heavy (non-hydrogen) atoms. The third-order valence-electron chi connectivity index (χ3n) is 12.4. The van der Waals surface area contributed by atoms with Crippen LogP contribution in [-0.2, 0) is 14.4 Å². The van der Waals surface area contributed by atoms with E-state index in [-0.39, 0.29) is 46.9 Å². The number of anilines is 1. The molecule has 0 spiro atoms. The Morgan fingerprint density at radius 2 is 1.65 bits per heavy atom. The fourth-order valence-corrected chi connectivity index (χ4v) is 9.05. The molecule has 0 radical (unpaired) electrons. The number of aromatic nitrogens is 4. The van der Waals surface area contributed by atoms with Crippen molar-refractivity contribution < 1.29 is 33.4 Å². The van der Waals surface area contributed by atoms with Crippen LogP contribution in [0.15, 0.2) is 90.8 Å². The maximum absolute atomic E-state index is 14.0. The van der Waals surface area contributed by atoms with Gasteiger partial charge in [-0.2, -0.15) is 10.4 Å². The summed E-state index contributed by atoms with van der Waals surface area (Å²) in [6, 6.07) is 23.0. The first-order valence-corrected chi connectivity index (χ1v) is 22.6. The summed E-state index contributed by atoms with van der Waals surface area (Å²) in [5.41, 5.74) is 8.57. The largest absolute Gasteiger partial charge is 0.493 e. The number of hydrogen-bond acceptors (Lipinski definition) is 12. The van der Waals surface area contributed by atoms with Gasteiger partial charge in [-0.15, -0.1) is 0 Å². The molecular formula is C50H53N9O7. The highest BCUT2D eigenvalue weighted by atomic mass is 16.5. The van der Waals surface area contributed by atoms with Gasteiger partial charge in [0.25, 0.3) is 17.7 Å². The Kier molecular flexibility index (Phi) is 13.5. The van der Waals surface area contributed by atoms with Crippen LogP contribution >= 0.6 is 0 Å². The number of nitrogens with two attached hydrogens (primary N) is 1. The van der Waals surface area contributed by atoms with Crippen LogP contribution < -0.4 is 20.5 Å². The molecule has 2 fully saturated rings. The van der Waals surface area contributed by atoms with Crippen molar-refractivity contribution in [1.29, 1.82) is 5.26 Å². The van der Waals surface area contributed by atoms with E-state index in [0.717, 1.165) is 74.0 Å². The number of amides is 5. The standard InChI is InChI=1S/C50H53N9O7/c1-50(2,25-10-5-3-4-6-11-27-65-39-18-12-17-37-41(39)49(64)58(48(37)63)38-23-24-40(60)55-46(38)61)28-33(29-51)47(62)57-26-13-14-34(30-57)59-45-42(44(52)53-31-54-45)43(56-59)32-19-21-36(22-20-32)66-35-15-8-7-9-16-35/h7-9,12,15-22,28,31,34,38H,3-6,10-11,13-14,23-27,30H2,1-2H3,(H2,52,53,54)(H,55,60,61)/b33-28+/t34-,38?/m1/s1. The fourth-order valence-electron chi connectivity index (χ4n) is 9.05. The summed E-state index contributed by atoms with van der Waals surface area (Å²) >= 11 is 0. The molecule has 340 valence electrons. The summed E-state index contributed by atoms with van der Waals surface area (Å²) in [6.45, 7) is 5.36. The van der Waals surface area contributed by atoms with Crippen LogP contribution in [0.3, 0.4) is 0 Å². The SMILES string of the molecule is CC(C)(/C=C(\C#N)C(=O)N1CCC[C@@H](n2nc(-c3ccc(Oc4ccccc4)cc3)c3c(N)ncnc32)C1)CCCCCCCCOc1cccc2c1C(=O)N(C1CCC(=O)NC1=O)C2=O. The second-order valence-corrected chi connectivity index (χ2v) is 17.7. The van der Waals surface area contributed by atoms with Gasteiger partial charge in [-0.05, 0) is 86.1 Å². The van der Waals surface area contributed by atoms with Crippen molar-refractivity contribution in [2.75, 3.05) is 25.4 Å². The van der Waals surface area contributed by atoms with E-state index in [9.17, 15) is 29.2 Å². The molecule has 5 amide bonds. The first-order chi connectivity index (χ1) is 31.9. The van der Waals surface area contributed by atoms with Crippen LogP contribution in [-0.4, -0.2) is 84.8 Å². The van der Waals surface area contributed by atoms with Crippen molar-refractivity contribution in [2.24, 2.45) is 5.41 Å². The number of carbonyl (C=O) groups excluding carboxylic acids is 5. The summed E-state index contributed by atoms with van der Waals surface area (Å²) in [6.07, 6.45) is 11.2. The number of ether oxygens (including phenoxy) is 2. The molecule has 16 nitrogen and oxygen atoms in total. The minimum absolute atomic E-state index is 0.0541. The van der Waals surface area contributed by atoms with Gasteiger partial charge in [0, 0.05) is 25.1 Å². The summed E-state index contributed by atoms with van der Waals surface area (Å²) in [5, 5.41) is 18.1. The Balaban J connectivity index is 0.805. The molecule has 2 atom stereocenters. The lowest BCUT2D eigenvalue weighted by molar-refractivity contribution is -0.136. The number of fused-ring (bicyclic) bond motifs is 2. The van der Waals surface area contributed by atoms with E-state index in [1.807, 2.05) is 65.4 Å². The highest BCUT2D eigenvalue weighted by Gasteiger charge is 2.46. The van der Waals surface area contributed by atoms with E-state index in [2.05, 4.69) is 35.2 Å². The van der Waals surface area contributed by atoms with E-state index in [1.54, 1.807) is 23.1 Å². The average Bonchev–Trinajstić information content (AvgIpc) is 3.83. The monoisotopic (exact) mass is 891 g/mol. The van der Waals surface area contributed by atoms with Crippen LogP contribution in [0.5, 0.6) is 17.2 Å². The number of likely N-dealkylation sites (tertiary alicyclic amines) is 1. The Labute approximate surface area is 382 Å². The second kappa shape index (κ2) is 19.8. The van der Waals surface area contributed by atoms with Gasteiger partial charge >= 0.3 is 0 Å². The lowest BCUT2D eigenvalue weighted by Crippen LogP contribution is -2.54. The molecule has 0 saturated carbocycles. The highest BCUT2D eigenvalue weighted by Crippen LogP contribution is 2.37. The van der Waals surface area contributed by atoms with Crippen molar-refractivity contribution >= 4 is 46.4 Å². The molecule has 5 aromatic rings. The topological polar surface area (TPSA) is 216 Å². The molecular weight excluding hydrogens is 839 g/mol. The number of unbranched alkanes of at least 4 members (excludes halogenated alkanes) is 5. The normalized spacial score (nSPS) is 17.7. The van der Waals surface area contributed by atoms with Crippen LogP contribution in [0.2, 0.25) is 0 Å². The molecule has 3 aromatic carbocycles. The molecule has 8 rings (SSSR count). The van der Waals surface area contributed by atoms with E-state index >= 15 is 0 Å². The third-order valence-corrected chi connectivity index (χ3v) is 12.4. The lowest BCUT2D eigenvalue weighted by atomic mass is 9.84. The van der Waals surface area contributed by atoms with Gasteiger partial charge in [0.1, 0.15) is 52.8 Å². The maximum atomic E-state index is 14.0. The van der Waals surface area contributed by atoms with Gasteiger partial charge in [-0.3, -0.25) is 34.2 Å². The lowest BCUT2D eigenvalue weighted by Gasteiger charge is -2.33. The number of allylic oxidation sites excluding steroid dienone is 1. The molecule has 5 heterocycles. The summed E-state index contributed by atoms with van der Waals surface area (Å²) in [7, 11) is 0. The fraction of sp³-hybridized carbons (Fsp3) is 0.380. The third kappa shape index (κ3) is 9.80. The smallest absolute Gasteiger partial charge is 0.266 e. The Morgan fingerprint density at radius 1 is 0.909 bits per heavy atom. The number of nitrogens with zero attached hydrogens (tertiary/aromatic N) is 7. The molecule has 3 N–H and O–H groups in total. The minimum Gasteiger partial charge on any atom is -0.493 e. The zero-order valence-corrected chi connectivity index (χ0v) is 37.2. The number of nitrogens with one attached hydrogen (secondary N) is 1. The summed E-state index contributed by atoms with van der Waals surface area (Å²) < 4.78 is 13.8. The van der Waals surface area contributed by atoms with Crippen LogP contribution in [0.4, 0.5) is 5.82 Å². The van der Waals surface area contributed by atoms with Gasteiger partial charge in [-0.1, -0.05) is 76.3 Å². The number of para-hydroxylation sites is 1. The first kappa shape index (κ1) is 45.2.